The molecule has 0 aromatic carbocycles. The van der Waals surface area contributed by atoms with Crippen LogP contribution in [0.1, 0.15) is 78.1 Å². The molecule has 2 heteroatoms. The molecule has 0 radical (unpaired) electrons. The summed E-state index contributed by atoms with van der Waals surface area (Å²) in [6, 6.07) is 0. The van der Waals surface area contributed by atoms with Crippen LogP contribution in [-0.4, -0.2) is 11.6 Å². The van der Waals surface area contributed by atoms with E-state index in [-0.39, 0.29) is 11.4 Å². The van der Waals surface area contributed by atoms with E-state index in [1.54, 1.807) is 5.57 Å². The van der Waals surface area contributed by atoms with Crippen LogP contribution in [0.3, 0.4) is 0 Å². The average molecular weight is 367 g/mol. The van der Waals surface area contributed by atoms with Crippen LogP contribution < -0.4 is 0 Å². The van der Waals surface area contributed by atoms with E-state index in [1.165, 1.54) is 38.5 Å². The van der Waals surface area contributed by atoms with E-state index in [1.807, 2.05) is 6.92 Å². The van der Waals surface area contributed by atoms with Gasteiger partial charge in [-0.2, -0.15) is 0 Å². The van der Waals surface area contributed by atoms with Crippen molar-refractivity contribution in [2.24, 2.45) is 29.1 Å². The van der Waals surface area contributed by atoms with Crippen LogP contribution in [0, 0.1) is 41.4 Å². The molecule has 27 heavy (non-hydrogen) atoms. The molecule has 0 heterocycles. The van der Waals surface area contributed by atoms with E-state index in [0.29, 0.717) is 18.3 Å². The second kappa shape index (κ2) is 7.16. The fourth-order valence-corrected chi connectivity index (χ4v) is 7.08. The number of terminal acetylenes is 1. The smallest absolute Gasteiger partial charge is 0.307 e. The summed E-state index contributed by atoms with van der Waals surface area (Å²) in [7, 11) is 0. The van der Waals surface area contributed by atoms with Gasteiger partial charge in [0.15, 0.2) is 5.60 Å². The molecule has 2 fully saturated rings. The zero-order chi connectivity index (χ0) is 19.1. The van der Waals surface area contributed by atoms with Crippen molar-refractivity contribution in [3.05, 3.63) is 23.8 Å². The summed E-state index contributed by atoms with van der Waals surface area (Å²) in [5.41, 5.74) is 0.792. The molecule has 4 rings (SSSR count). The van der Waals surface area contributed by atoms with Gasteiger partial charge in [-0.05, 0) is 87.5 Å². The minimum Gasteiger partial charge on any atom is -0.441 e. The van der Waals surface area contributed by atoms with Gasteiger partial charge < -0.3 is 4.74 Å². The summed E-state index contributed by atoms with van der Waals surface area (Å²) in [6.45, 7) is 4.25. The SMILES string of the molecule is C#C[C@]1(OC(=O)CCC)C=C[C@H]2[C@@H]3CCC4=CCCC[C@@H]4[C@H]3CC[C@@]21CC. The fourth-order valence-electron chi connectivity index (χ4n) is 7.08. The summed E-state index contributed by atoms with van der Waals surface area (Å²) < 4.78 is 6.07. The van der Waals surface area contributed by atoms with Crippen LogP contribution in [0.4, 0.5) is 0 Å². The van der Waals surface area contributed by atoms with Crippen molar-refractivity contribution in [3.63, 3.8) is 0 Å². The lowest BCUT2D eigenvalue weighted by Crippen LogP contribution is -2.55. The van der Waals surface area contributed by atoms with Crippen molar-refractivity contribution < 1.29 is 9.53 Å². The van der Waals surface area contributed by atoms with E-state index in [4.69, 9.17) is 11.2 Å². The van der Waals surface area contributed by atoms with Gasteiger partial charge in [0, 0.05) is 11.8 Å². The molecular weight excluding hydrogens is 332 g/mol. The van der Waals surface area contributed by atoms with Crippen LogP contribution >= 0.6 is 0 Å². The summed E-state index contributed by atoms with van der Waals surface area (Å²) in [4.78, 5) is 12.4. The number of rotatable bonds is 4. The van der Waals surface area contributed by atoms with Crippen LogP contribution in [0.25, 0.3) is 0 Å². The predicted molar refractivity (Wildman–Crippen MR) is 109 cm³/mol. The van der Waals surface area contributed by atoms with E-state index in [0.717, 1.165) is 31.1 Å². The molecule has 6 atom stereocenters. The summed E-state index contributed by atoms with van der Waals surface area (Å²) >= 11 is 0. The highest BCUT2D eigenvalue weighted by Gasteiger charge is 2.63. The summed E-state index contributed by atoms with van der Waals surface area (Å²) in [5, 5.41) is 0. The van der Waals surface area contributed by atoms with Crippen LogP contribution in [0.15, 0.2) is 23.8 Å². The van der Waals surface area contributed by atoms with E-state index < -0.39 is 5.60 Å². The topological polar surface area (TPSA) is 26.3 Å². The molecule has 0 aromatic heterocycles. The Morgan fingerprint density at radius 2 is 2.15 bits per heavy atom. The maximum atomic E-state index is 12.4. The van der Waals surface area contributed by atoms with Gasteiger partial charge in [-0.25, -0.2) is 0 Å². The molecule has 0 unspecified atom stereocenters. The van der Waals surface area contributed by atoms with E-state index in [9.17, 15) is 4.79 Å². The first-order valence-electron chi connectivity index (χ1n) is 11.2. The number of esters is 1. The molecule has 0 saturated heterocycles. The van der Waals surface area contributed by atoms with Crippen molar-refractivity contribution in [3.8, 4) is 12.3 Å². The van der Waals surface area contributed by atoms with Gasteiger partial charge in [0.05, 0.1) is 0 Å². The Labute approximate surface area is 164 Å². The molecule has 4 aliphatic carbocycles. The highest BCUT2D eigenvalue weighted by Crippen LogP contribution is 2.64. The third-order valence-corrected chi connectivity index (χ3v) is 8.31. The maximum absolute atomic E-state index is 12.4. The Morgan fingerprint density at radius 3 is 2.89 bits per heavy atom. The summed E-state index contributed by atoms with van der Waals surface area (Å²) in [6.07, 6.45) is 24.1. The Hall–Kier alpha value is -1.49. The molecule has 146 valence electrons. The molecule has 0 aliphatic heterocycles. The second-order valence-corrected chi connectivity index (χ2v) is 9.22. The van der Waals surface area contributed by atoms with E-state index in [2.05, 4.69) is 31.1 Å². The fraction of sp³-hybridized carbons (Fsp3) is 0.720. The first-order chi connectivity index (χ1) is 13.1. The molecule has 0 N–H and O–H groups in total. The first-order valence-corrected chi connectivity index (χ1v) is 11.2. The number of hydrogen-bond donors (Lipinski definition) is 0. The van der Waals surface area contributed by atoms with Gasteiger partial charge in [0.1, 0.15) is 0 Å². The number of carbonyl (C=O) groups is 1. The second-order valence-electron chi connectivity index (χ2n) is 9.22. The van der Waals surface area contributed by atoms with Crippen LogP contribution in [0.2, 0.25) is 0 Å². The number of ether oxygens (including phenoxy) is 1. The van der Waals surface area contributed by atoms with Gasteiger partial charge in [0.2, 0.25) is 0 Å². The lowest BCUT2D eigenvalue weighted by molar-refractivity contribution is -0.168. The molecular formula is C25H34O2. The van der Waals surface area contributed by atoms with Gasteiger partial charge in [0.25, 0.3) is 0 Å². The summed E-state index contributed by atoms with van der Waals surface area (Å²) in [5.74, 6) is 5.56. The van der Waals surface area contributed by atoms with Crippen LogP contribution in [-0.2, 0) is 9.53 Å². The van der Waals surface area contributed by atoms with Crippen LogP contribution in [0.5, 0.6) is 0 Å². The van der Waals surface area contributed by atoms with Gasteiger partial charge >= 0.3 is 5.97 Å². The molecule has 0 amide bonds. The third kappa shape index (κ3) is 2.72. The van der Waals surface area contributed by atoms with Gasteiger partial charge in [-0.15, -0.1) is 6.42 Å². The van der Waals surface area contributed by atoms with Gasteiger partial charge in [-0.1, -0.05) is 37.5 Å². The lowest BCUT2D eigenvalue weighted by atomic mass is 9.49. The largest absolute Gasteiger partial charge is 0.441 e. The Balaban J connectivity index is 1.65. The predicted octanol–water partition coefficient (Wildman–Crippen LogP) is 5.83. The number of carbonyl (C=O) groups excluding carboxylic acids is 1. The molecule has 4 aliphatic rings. The minimum absolute atomic E-state index is 0.109. The third-order valence-electron chi connectivity index (χ3n) is 8.31. The quantitative estimate of drug-likeness (QED) is 0.355. The van der Waals surface area contributed by atoms with Gasteiger partial charge in [-0.3, -0.25) is 4.79 Å². The van der Waals surface area contributed by atoms with Crippen molar-refractivity contribution in [2.75, 3.05) is 0 Å². The molecule has 0 spiro atoms. The maximum Gasteiger partial charge on any atom is 0.307 e. The minimum atomic E-state index is -0.841. The van der Waals surface area contributed by atoms with Crippen molar-refractivity contribution in [1.29, 1.82) is 0 Å². The highest BCUT2D eigenvalue weighted by molar-refractivity contribution is 5.71. The standard InChI is InChI=1S/C25H34O2/c1-4-9-23(26)27-25(6-3)17-15-22-21-13-12-18-10-7-8-11-19(18)20(21)14-16-24(22,25)5-2/h3,10,15,17,19-22H,4-5,7-9,11-14,16H2,1-2H3/t19-,20+,21+,22-,24-,25-/m0/s1. The first kappa shape index (κ1) is 18.9. The molecule has 0 bridgehead atoms. The van der Waals surface area contributed by atoms with Crippen molar-refractivity contribution >= 4 is 5.97 Å². The molecule has 2 saturated carbocycles. The molecule has 2 nitrogen and oxygen atoms in total. The zero-order valence-corrected chi connectivity index (χ0v) is 17.0. The molecule has 0 aromatic rings. The monoisotopic (exact) mass is 366 g/mol. The number of hydrogen-bond acceptors (Lipinski definition) is 2. The number of fused-ring (bicyclic) bond motifs is 5. The number of allylic oxidation sites excluding steroid dienone is 3. The Kier molecular flexibility index (Phi) is 5.00. The average Bonchev–Trinajstić information content (AvgIpc) is 3.03. The highest BCUT2D eigenvalue weighted by atomic mass is 16.6. The van der Waals surface area contributed by atoms with Crippen molar-refractivity contribution in [1.82, 2.24) is 0 Å². The van der Waals surface area contributed by atoms with Crippen molar-refractivity contribution in [2.45, 2.75) is 83.7 Å². The Morgan fingerprint density at radius 1 is 1.30 bits per heavy atom. The lowest BCUT2D eigenvalue weighted by Gasteiger charge is -2.56. The zero-order valence-electron chi connectivity index (χ0n) is 17.0. The van der Waals surface area contributed by atoms with E-state index >= 15 is 0 Å². The normalized spacial score (nSPS) is 42.3. The Bertz CT molecular complexity index is 696.